The van der Waals surface area contributed by atoms with Gasteiger partial charge in [-0.1, -0.05) is 0 Å². The molecule has 33 heavy (non-hydrogen) atoms. The molecule has 0 saturated carbocycles. The van der Waals surface area contributed by atoms with E-state index >= 15 is 0 Å². The van der Waals surface area contributed by atoms with E-state index in [4.69, 9.17) is 10.5 Å². The number of halogens is 3. The van der Waals surface area contributed by atoms with E-state index in [1.54, 1.807) is 40.4 Å². The summed E-state index contributed by atoms with van der Waals surface area (Å²) in [6.07, 6.45) is 4.52. The van der Waals surface area contributed by atoms with Crippen molar-refractivity contribution in [3.63, 3.8) is 0 Å². The molecule has 8 nitrogen and oxygen atoms in total. The fraction of sp³-hybridized carbons (Fsp3) is 0.500. The van der Waals surface area contributed by atoms with Crippen molar-refractivity contribution in [3.05, 3.63) is 40.6 Å². The highest BCUT2D eigenvalue weighted by Gasteiger charge is 2.34. The van der Waals surface area contributed by atoms with Crippen LogP contribution in [-0.2, 0) is 0 Å². The Morgan fingerprint density at radius 3 is 2.85 bits per heavy atom. The molecule has 2 aliphatic rings. The second-order valence-electron chi connectivity index (χ2n) is 8.44. The van der Waals surface area contributed by atoms with E-state index in [1.165, 1.54) is 0 Å². The fourth-order valence-electron chi connectivity index (χ4n) is 4.13. The summed E-state index contributed by atoms with van der Waals surface area (Å²) in [4.78, 5) is 24.9. The minimum atomic E-state index is -2.64. The summed E-state index contributed by atoms with van der Waals surface area (Å²) < 4.78 is 33.7. The number of piperidine rings is 1. The number of anilines is 2. The Labute approximate surface area is 199 Å². The number of hydrogen-bond donors (Lipinski definition) is 2. The number of ether oxygens (including phenoxy) is 1. The van der Waals surface area contributed by atoms with Crippen molar-refractivity contribution >= 4 is 33.5 Å². The van der Waals surface area contributed by atoms with Crippen molar-refractivity contribution in [1.82, 2.24) is 19.8 Å². The van der Waals surface area contributed by atoms with Gasteiger partial charge in [0.25, 0.3) is 11.8 Å². The monoisotopic (exact) mass is 524 g/mol. The van der Waals surface area contributed by atoms with Crippen LogP contribution in [0, 0.1) is 0 Å². The lowest BCUT2D eigenvalue weighted by molar-refractivity contribution is -0.0656. The third kappa shape index (κ3) is 6.29. The fourth-order valence-corrected chi connectivity index (χ4v) is 4.33. The summed E-state index contributed by atoms with van der Waals surface area (Å²) in [6, 6.07) is 5.00. The van der Waals surface area contributed by atoms with Gasteiger partial charge in [0.1, 0.15) is 12.4 Å². The molecule has 1 aromatic heterocycles. The predicted octanol–water partition coefficient (Wildman–Crippen LogP) is 3.26. The van der Waals surface area contributed by atoms with Crippen molar-refractivity contribution in [3.8, 4) is 5.75 Å². The van der Waals surface area contributed by atoms with Crippen LogP contribution >= 0.6 is 15.9 Å². The second kappa shape index (κ2) is 10.2. The van der Waals surface area contributed by atoms with Gasteiger partial charge in [0.05, 0.1) is 16.7 Å². The maximum atomic E-state index is 13.6. The number of nitrogen functional groups attached to an aromatic ring is 1. The Kier molecular flexibility index (Phi) is 7.28. The summed E-state index contributed by atoms with van der Waals surface area (Å²) in [5.41, 5.74) is 6.90. The van der Waals surface area contributed by atoms with E-state index in [9.17, 15) is 13.6 Å². The molecule has 0 spiro atoms. The first-order chi connectivity index (χ1) is 15.8. The third-order valence-corrected chi connectivity index (χ3v) is 6.24. The van der Waals surface area contributed by atoms with E-state index in [1.807, 2.05) is 0 Å². The number of hydrogen-bond acceptors (Lipinski definition) is 7. The van der Waals surface area contributed by atoms with Crippen molar-refractivity contribution in [1.29, 1.82) is 0 Å². The highest BCUT2D eigenvalue weighted by Crippen LogP contribution is 2.27. The smallest absolute Gasteiger partial charge is 0.260 e. The molecule has 1 amide bonds. The van der Waals surface area contributed by atoms with Gasteiger partial charge in [-0.25, -0.2) is 18.7 Å². The molecule has 3 N–H and O–H groups in total. The summed E-state index contributed by atoms with van der Waals surface area (Å²) in [6.45, 7) is 2.12. The van der Waals surface area contributed by atoms with Crippen LogP contribution < -0.4 is 15.8 Å². The predicted molar refractivity (Wildman–Crippen MR) is 125 cm³/mol. The van der Waals surface area contributed by atoms with Gasteiger partial charge >= 0.3 is 0 Å². The lowest BCUT2D eigenvalue weighted by Crippen LogP contribution is -2.44. The number of rotatable bonds is 7. The molecule has 0 unspecified atom stereocenters. The molecule has 2 fully saturated rings. The van der Waals surface area contributed by atoms with Gasteiger partial charge in [-0.2, -0.15) is 0 Å². The third-order valence-electron chi connectivity index (χ3n) is 5.83. The van der Waals surface area contributed by atoms with Crippen LogP contribution in [0.15, 0.2) is 35.1 Å². The Hall–Kier alpha value is -2.53. The Bertz CT molecular complexity index is 978. The number of nitrogens with zero attached hydrogens (tertiary/aromatic N) is 4. The Morgan fingerprint density at radius 2 is 2.09 bits per heavy atom. The zero-order chi connectivity index (χ0) is 23.4. The molecule has 2 aromatic rings. The SMILES string of the molecule is Nc1ccc(C(=O)N2CC[C@H](Nc3ncc(Br)cn3)C2)cc1OCCN1CCCC(F)(F)C1. The average Bonchev–Trinajstić information content (AvgIpc) is 3.24. The number of nitrogens with one attached hydrogen (secondary N) is 1. The van der Waals surface area contributed by atoms with Crippen molar-refractivity contribution < 1.29 is 18.3 Å². The minimum Gasteiger partial charge on any atom is -0.490 e. The molecule has 3 heterocycles. The van der Waals surface area contributed by atoms with Gasteiger partial charge in [0, 0.05) is 50.1 Å². The van der Waals surface area contributed by atoms with Crippen molar-refractivity contribution in [2.24, 2.45) is 0 Å². The highest BCUT2D eigenvalue weighted by atomic mass is 79.9. The lowest BCUT2D eigenvalue weighted by atomic mass is 10.1. The highest BCUT2D eigenvalue weighted by molar-refractivity contribution is 9.10. The van der Waals surface area contributed by atoms with Crippen molar-refractivity contribution in [2.45, 2.75) is 31.2 Å². The van der Waals surface area contributed by atoms with Gasteiger partial charge < -0.3 is 20.7 Å². The molecule has 0 radical (unpaired) electrons. The molecule has 0 bridgehead atoms. The van der Waals surface area contributed by atoms with E-state index in [2.05, 4.69) is 31.2 Å². The summed E-state index contributed by atoms with van der Waals surface area (Å²) in [7, 11) is 0. The number of aromatic nitrogens is 2. The van der Waals surface area contributed by atoms with Crippen LogP contribution in [-0.4, -0.2) is 77.0 Å². The van der Waals surface area contributed by atoms with Gasteiger partial charge in [0.15, 0.2) is 0 Å². The van der Waals surface area contributed by atoms with Gasteiger partial charge in [0.2, 0.25) is 5.95 Å². The number of carbonyl (C=O) groups excluding carboxylic acids is 1. The Balaban J connectivity index is 1.31. The maximum Gasteiger partial charge on any atom is 0.260 e. The van der Waals surface area contributed by atoms with Crippen molar-refractivity contribution in [2.75, 3.05) is 50.4 Å². The minimum absolute atomic E-state index is 0.0577. The maximum absolute atomic E-state index is 13.6. The number of carbonyl (C=O) groups is 1. The Morgan fingerprint density at radius 1 is 1.30 bits per heavy atom. The number of amides is 1. The molecule has 1 atom stereocenters. The molecule has 0 aliphatic carbocycles. The molecular weight excluding hydrogens is 498 g/mol. The largest absolute Gasteiger partial charge is 0.490 e. The second-order valence-corrected chi connectivity index (χ2v) is 9.36. The van der Waals surface area contributed by atoms with Crippen LogP contribution in [0.4, 0.5) is 20.4 Å². The topological polar surface area (TPSA) is 96.6 Å². The molecule has 2 saturated heterocycles. The number of nitrogens with two attached hydrogens (primary N) is 1. The summed E-state index contributed by atoms with van der Waals surface area (Å²) >= 11 is 3.31. The van der Waals surface area contributed by atoms with Crippen LogP contribution in [0.25, 0.3) is 0 Å². The molecule has 4 rings (SSSR count). The van der Waals surface area contributed by atoms with Gasteiger partial charge in [-0.15, -0.1) is 0 Å². The van der Waals surface area contributed by atoms with E-state index < -0.39 is 5.92 Å². The van der Waals surface area contributed by atoms with E-state index in [-0.39, 0.29) is 31.5 Å². The number of likely N-dealkylation sites (tertiary alicyclic amines) is 2. The molecule has 178 valence electrons. The van der Waals surface area contributed by atoms with Crippen LogP contribution in [0.1, 0.15) is 29.6 Å². The first-order valence-electron chi connectivity index (χ1n) is 10.9. The number of benzene rings is 1. The van der Waals surface area contributed by atoms with Gasteiger partial charge in [-0.3, -0.25) is 9.69 Å². The van der Waals surface area contributed by atoms with Crippen LogP contribution in [0.3, 0.4) is 0 Å². The van der Waals surface area contributed by atoms with Crippen LogP contribution in [0.2, 0.25) is 0 Å². The molecule has 2 aliphatic heterocycles. The summed E-state index contributed by atoms with van der Waals surface area (Å²) in [5, 5.41) is 3.25. The molecular formula is C22H27BrF2N6O2. The van der Waals surface area contributed by atoms with E-state index in [0.29, 0.717) is 55.5 Å². The first-order valence-corrected chi connectivity index (χ1v) is 11.7. The normalized spacial score (nSPS) is 20.6. The number of alkyl halides is 2. The zero-order valence-corrected chi connectivity index (χ0v) is 19.7. The molecule has 11 heteroatoms. The average molecular weight is 525 g/mol. The quantitative estimate of drug-likeness (QED) is 0.536. The van der Waals surface area contributed by atoms with Crippen LogP contribution in [0.5, 0.6) is 5.75 Å². The first kappa shape index (κ1) is 23.6. The summed E-state index contributed by atoms with van der Waals surface area (Å²) in [5.74, 6) is -1.85. The van der Waals surface area contributed by atoms with E-state index in [0.717, 1.165) is 10.9 Å². The standard InChI is InChI=1S/C22H27BrF2N6O2/c23-16-11-27-21(28-12-16)29-17-4-7-31(13-17)20(32)15-2-3-18(26)19(10-15)33-9-8-30-6-1-5-22(24,25)14-30/h2-3,10-12,17H,1,4-9,13-14,26H2,(H,27,28,29)/t17-/m0/s1. The lowest BCUT2D eigenvalue weighted by Gasteiger charge is -2.32. The zero-order valence-electron chi connectivity index (χ0n) is 18.1. The van der Waals surface area contributed by atoms with Gasteiger partial charge in [-0.05, 0) is 53.5 Å². The molecule has 1 aromatic carbocycles.